The molecule has 482 valence electrons. The second kappa shape index (κ2) is 46.6. The summed E-state index contributed by atoms with van der Waals surface area (Å²) >= 11 is 0. The average Bonchev–Trinajstić information content (AvgIpc) is 3.18. The summed E-state index contributed by atoms with van der Waals surface area (Å²) in [6, 6.07) is -0.999. The molecule has 3 aliphatic heterocycles. The first-order valence-electron chi connectivity index (χ1n) is 32.0. The SMILES string of the molecule is CCCCCCC/C=C\C/C=C\CCCCCCCCCCCCCC(=O)NC(COC1OC(CO)C(OC2OC(CO)C(OC3OC(CO)C(O)C(O)C3O)C(O)C2O)C(O)C1O)C(O)/C=C/CC/C=C/CC/C=C/CCCCCCC. The number of ether oxygens (including phenoxy) is 6. The van der Waals surface area contributed by atoms with Crippen LogP contribution in [0.4, 0.5) is 0 Å². The Hall–Kier alpha value is -2.51. The van der Waals surface area contributed by atoms with E-state index < -0.39 is 124 Å². The summed E-state index contributed by atoms with van der Waals surface area (Å²) in [7, 11) is 0. The number of carbonyl (C=O) groups excluding carboxylic acids is 1. The number of carbonyl (C=O) groups is 1. The summed E-state index contributed by atoms with van der Waals surface area (Å²) in [5, 5.41) is 120. The van der Waals surface area contributed by atoms with Gasteiger partial charge >= 0.3 is 0 Å². The van der Waals surface area contributed by atoms with Gasteiger partial charge in [0.1, 0.15) is 73.2 Å². The standard InChI is InChI=1S/C64H113NO18/c1-3-5-7-9-11-13-15-17-19-20-21-22-23-24-25-26-28-30-32-34-36-38-40-42-52(70)65-47(48(69)41-39-37-35-33-31-29-27-18-16-14-12-10-8-6-4-2)46-78-62-58(76)55(73)60(50(44-67)80-62)83-64-59(77)56(74)61(51(45-68)81-64)82-63-57(75)54(72)53(71)49(43-66)79-63/h15-18,20-21,31,33,39,41,47-51,53-64,66-69,71-77H,3-14,19,22-30,32,34-38,40,42-46H2,1-2H3,(H,65,70)/b17-15-,18-16+,21-20-,33-31+,41-39+. The maximum Gasteiger partial charge on any atom is 0.220 e. The smallest absolute Gasteiger partial charge is 0.220 e. The maximum atomic E-state index is 13.4. The van der Waals surface area contributed by atoms with Gasteiger partial charge in [-0.1, -0.05) is 184 Å². The highest BCUT2D eigenvalue weighted by Gasteiger charge is 2.53. The lowest BCUT2D eigenvalue weighted by Crippen LogP contribution is -2.66. The molecule has 0 aromatic heterocycles. The van der Waals surface area contributed by atoms with E-state index in [0.29, 0.717) is 12.8 Å². The molecule has 1 amide bonds. The fraction of sp³-hybridized carbons (Fsp3) is 0.828. The van der Waals surface area contributed by atoms with E-state index >= 15 is 0 Å². The quantitative estimate of drug-likeness (QED) is 0.0220. The Bertz CT molecular complexity index is 1750. The van der Waals surface area contributed by atoms with Crippen LogP contribution in [0.15, 0.2) is 60.8 Å². The van der Waals surface area contributed by atoms with Crippen LogP contribution in [0, 0.1) is 0 Å². The number of aliphatic hydroxyl groups is 11. The van der Waals surface area contributed by atoms with E-state index in [0.717, 1.165) is 64.2 Å². The number of hydrogen-bond donors (Lipinski definition) is 12. The molecular formula is C64H113NO18. The minimum Gasteiger partial charge on any atom is -0.394 e. The van der Waals surface area contributed by atoms with Crippen LogP contribution in [0.2, 0.25) is 0 Å². The van der Waals surface area contributed by atoms with Gasteiger partial charge in [0.25, 0.3) is 0 Å². The molecule has 12 N–H and O–H groups in total. The van der Waals surface area contributed by atoms with Gasteiger partial charge in [0.15, 0.2) is 18.9 Å². The second-order valence-corrected chi connectivity index (χ2v) is 22.8. The second-order valence-electron chi connectivity index (χ2n) is 22.8. The molecular weight excluding hydrogens is 1070 g/mol. The fourth-order valence-electron chi connectivity index (χ4n) is 10.5. The summed E-state index contributed by atoms with van der Waals surface area (Å²) in [4.78, 5) is 13.4. The lowest BCUT2D eigenvalue weighted by molar-refractivity contribution is -0.379. The Labute approximate surface area is 496 Å². The summed E-state index contributed by atoms with van der Waals surface area (Å²) in [5.41, 5.74) is 0. The first kappa shape index (κ1) is 74.7. The van der Waals surface area contributed by atoms with Crippen molar-refractivity contribution in [1.29, 1.82) is 0 Å². The zero-order chi connectivity index (χ0) is 60.5. The van der Waals surface area contributed by atoms with Gasteiger partial charge in [-0.05, 0) is 77.0 Å². The molecule has 17 unspecified atom stereocenters. The van der Waals surface area contributed by atoms with Gasteiger partial charge in [0.2, 0.25) is 5.91 Å². The number of nitrogens with one attached hydrogen (secondary N) is 1. The van der Waals surface area contributed by atoms with Crippen molar-refractivity contribution in [3.8, 4) is 0 Å². The molecule has 0 aliphatic carbocycles. The largest absolute Gasteiger partial charge is 0.394 e. The van der Waals surface area contributed by atoms with Crippen LogP contribution in [-0.4, -0.2) is 193 Å². The molecule has 83 heavy (non-hydrogen) atoms. The van der Waals surface area contributed by atoms with Crippen LogP contribution < -0.4 is 5.32 Å². The number of hydrogen-bond acceptors (Lipinski definition) is 18. The molecule has 0 aromatic rings. The lowest BCUT2D eigenvalue weighted by atomic mass is 9.96. The number of amides is 1. The van der Waals surface area contributed by atoms with Gasteiger partial charge in [0, 0.05) is 6.42 Å². The zero-order valence-corrected chi connectivity index (χ0v) is 50.4. The van der Waals surface area contributed by atoms with Crippen LogP contribution in [0.1, 0.15) is 206 Å². The predicted molar refractivity (Wildman–Crippen MR) is 318 cm³/mol. The molecule has 3 fully saturated rings. The number of aliphatic hydroxyl groups excluding tert-OH is 11. The minimum absolute atomic E-state index is 0.228. The van der Waals surface area contributed by atoms with Crippen LogP contribution in [0.5, 0.6) is 0 Å². The molecule has 17 atom stereocenters. The van der Waals surface area contributed by atoms with Crippen LogP contribution >= 0.6 is 0 Å². The molecule has 19 nitrogen and oxygen atoms in total. The number of rotatable bonds is 47. The Morgan fingerprint density at radius 1 is 0.434 bits per heavy atom. The first-order valence-corrected chi connectivity index (χ1v) is 32.0. The van der Waals surface area contributed by atoms with Gasteiger partial charge in [-0.3, -0.25) is 4.79 Å². The van der Waals surface area contributed by atoms with E-state index in [1.807, 2.05) is 6.08 Å². The van der Waals surface area contributed by atoms with E-state index in [1.54, 1.807) is 6.08 Å². The van der Waals surface area contributed by atoms with Crippen LogP contribution in [0.3, 0.4) is 0 Å². The normalized spacial score (nSPS) is 29.8. The maximum absolute atomic E-state index is 13.4. The van der Waals surface area contributed by atoms with Crippen molar-refractivity contribution >= 4 is 5.91 Å². The van der Waals surface area contributed by atoms with Crippen molar-refractivity contribution in [2.24, 2.45) is 0 Å². The number of unbranched alkanes of at least 4 members (excludes halogenated alkanes) is 23. The van der Waals surface area contributed by atoms with Crippen molar-refractivity contribution in [2.75, 3.05) is 26.4 Å². The minimum atomic E-state index is -1.98. The molecule has 0 spiro atoms. The highest BCUT2D eigenvalue weighted by atomic mass is 16.8. The topological polar surface area (TPSA) is 307 Å². The van der Waals surface area contributed by atoms with E-state index in [-0.39, 0.29) is 18.9 Å². The first-order chi connectivity index (χ1) is 40.3. The molecule has 3 aliphatic rings. The van der Waals surface area contributed by atoms with E-state index in [9.17, 15) is 61.0 Å². The Morgan fingerprint density at radius 2 is 0.807 bits per heavy atom. The Morgan fingerprint density at radius 3 is 1.28 bits per heavy atom. The lowest BCUT2D eigenvalue weighted by Gasteiger charge is -2.48. The highest BCUT2D eigenvalue weighted by molar-refractivity contribution is 5.76. The van der Waals surface area contributed by atoms with Gasteiger partial charge in [-0.25, -0.2) is 0 Å². The van der Waals surface area contributed by atoms with E-state index in [1.165, 1.54) is 109 Å². The predicted octanol–water partition coefficient (Wildman–Crippen LogP) is 6.82. The molecule has 0 aromatic carbocycles. The molecule has 0 saturated carbocycles. The van der Waals surface area contributed by atoms with Gasteiger partial charge in [-0.15, -0.1) is 0 Å². The number of allylic oxidation sites excluding steroid dienone is 9. The summed E-state index contributed by atoms with van der Waals surface area (Å²) in [6.07, 6.45) is 27.7. The van der Waals surface area contributed by atoms with Gasteiger partial charge in [0.05, 0.1) is 38.6 Å². The Balaban J connectivity index is 1.48. The van der Waals surface area contributed by atoms with Crippen LogP contribution in [0.25, 0.3) is 0 Å². The van der Waals surface area contributed by atoms with Crippen molar-refractivity contribution in [1.82, 2.24) is 5.32 Å². The summed E-state index contributed by atoms with van der Waals surface area (Å²) in [6.45, 7) is 1.66. The van der Waals surface area contributed by atoms with Crippen molar-refractivity contribution in [3.05, 3.63) is 60.8 Å². The van der Waals surface area contributed by atoms with Crippen molar-refractivity contribution < 1.29 is 89.4 Å². The monoisotopic (exact) mass is 1180 g/mol. The molecule has 19 heteroatoms. The van der Waals surface area contributed by atoms with Crippen molar-refractivity contribution in [2.45, 2.75) is 311 Å². The van der Waals surface area contributed by atoms with E-state index in [4.69, 9.17) is 28.4 Å². The highest BCUT2D eigenvalue weighted by Crippen LogP contribution is 2.33. The molecule has 3 rings (SSSR count). The van der Waals surface area contributed by atoms with Crippen LogP contribution in [-0.2, 0) is 33.2 Å². The zero-order valence-electron chi connectivity index (χ0n) is 50.4. The summed E-state index contributed by atoms with van der Waals surface area (Å²) in [5.74, 6) is -0.294. The third-order valence-corrected chi connectivity index (χ3v) is 15.8. The molecule has 3 saturated heterocycles. The summed E-state index contributed by atoms with van der Waals surface area (Å²) < 4.78 is 34.2. The average molecular weight is 1180 g/mol. The third kappa shape index (κ3) is 29.8. The molecule has 0 radical (unpaired) electrons. The Kier molecular flexibility index (Phi) is 42.0. The fourth-order valence-corrected chi connectivity index (χ4v) is 10.5. The van der Waals surface area contributed by atoms with Crippen molar-refractivity contribution in [3.63, 3.8) is 0 Å². The third-order valence-electron chi connectivity index (χ3n) is 15.8. The van der Waals surface area contributed by atoms with Gasteiger partial charge in [-0.2, -0.15) is 0 Å². The molecule has 3 heterocycles. The molecule has 0 bridgehead atoms. The van der Waals surface area contributed by atoms with E-state index in [2.05, 4.69) is 67.8 Å². The van der Waals surface area contributed by atoms with Gasteiger partial charge < -0.3 is 89.9 Å².